The summed E-state index contributed by atoms with van der Waals surface area (Å²) in [6, 6.07) is -0.554. The lowest BCUT2D eigenvalue weighted by Crippen LogP contribution is -2.49. The molecule has 1 atom stereocenters. The summed E-state index contributed by atoms with van der Waals surface area (Å²) in [6.45, 7) is 1.65. The average Bonchev–Trinajstić information content (AvgIpc) is 2.25. The first-order chi connectivity index (χ1) is 8.96. The van der Waals surface area contributed by atoms with Crippen molar-refractivity contribution in [1.29, 1.82) is 0 Å². The first-order valence-corrected chi connectivity index (χ1v) is 7.54. The molecule has 19 heavy (non-hydrogen) atoms. The molecule has 0 aromatic heterocycles. The summed E-state index contributed by atoms with van der Waals surface area (Å²) in [5.74, 6) is 2.11. The Labute approximate surface area is 114 Å². The van der Waals surface area contributed by atoms with Crippen LogP contribution in [-0.4, -0.2) is 17.9 Å². The van der Waals surface area contributed by atoms with E-state index in [1.165, 1.54) is 38.5 Å². The van der Waals surface area contributed by atoms with Crippen molar-refractivity contribution in [3.63, 3.8) is 0 Å². The molecule has 4 bridgehead atoms. The number of primary amides is 1. The summed E-state index contributed by atoms with van der Waals surface area (Å²) in [7, 11) is 0. The predicted octanol–water partition coefficient (Wildman–Crippen LogP) is 1.58. The van der Waals surface area contributed by atoms with Crippen molar-refractivity contribution in [3.05, 3.63) is 0 Å². The van der Waals surface area contributed by atoms with Gasteiger partial charge in [-0.3, -0.25) is 9.59 Å². The van der Waals surface area contributed by atoms with Crippen LogP contribution in [0.3, 0.4) is 0 Å². The number of rotatable bonds is 4. The van der Waals surface area contributed by atoms with E-state index in [1.807, 2.05) is 0 Å². The predicted molar refractivity (Wildman–Crippen MR) is 72.0 cm³/mol. The number of carbonyl (C=O) groups is 2. The molecule has 2 amide bonds. The lowest BCUT2D eigenvalue weighted by atomic mass is 9.49. The molecule has 0 spiro atoms. The van der Waals surface area contributed by atoms with Gasteiger partial charge in [0, 0.05) is 6.42 Å². The molecule has 106 valence electrons. The zero-order valence-electron chi connectivity index (χ0n) is 11.7. The minimum Gasteiger partial charge on any atom is -0.368 e. The van der Waals surface area contributed by atoms with Crippen LogP contribution in [0.1, 0.15) is 51.9 Å². The second kappa shape index (κ2) is 4.50. The van der Waals surface area contributed by atoms with Crippen LogP contribution in [0.15, 0.2) is 0 Å². The third-order valence-electron chi connectivity index (χ3n) is 5.50. The van der Waals surface area contributed by atoms with Gasteiger partial charge in [-0.05, 0) is 68.6 Å². The van der Waals surface area contributed by atoms with Crippen LogP contribution < -0.4 is 11.1 Å². The van der Waals surface area contributed by atoms with Crippen molar-refractivity contribution in [2.24, 2.45) is 28.9 Å². The number of nitrogens with one attached hydrogen (secondary N) is 1. The average molecular weight is 264 g/mol. The van der Waals surface area contributed by atoms with Gasteiger partial charge >= 0.3 is 0 Å². The first-order valence-electron chi connectivity index (χ1n) is 7.54. The highest BCUT2D eigenvalue weighted by Gasteiger charge is 2.51. The first kappa shape index (κ1) is 12.9. The Morgan fingerprint density at radius 3 is 2.05 bits per heavy atom. The zero-order valence-corrected chi connectivity index (χ0v) is 11.7. The molecule has 0 radical (unpaired) electrons. The Bertz CT molecular complexity index is 370. The van der Waals surface area contributed by atoms with Crippen LogP contribution in [0.4, 0.5) is 0 Å². The van der Waals surface area contributed by atoms with Gasteiger partial charge in [-0.1, -0.05) is 0 Å². The summed E-state index contributed by atoms with van der Waals surface area (Å²) in [5.41, 5.74) is 5.42. The van der Waals surface area contributed by atoms with Gasteiger partial charge < -0.3 is 11.1 Å². The Morgan fingerprint density at radius 1 is 1.16 bits per heavy atom. The summed E-state index contributed by atoms with van der Waals surface area (Å²) >= 11 is 0. The highest BCUT2D eigenvalue weighted by atomic mass is 16.2. The molecule has 0 aromatic rings. The maximum absolute atomic E-state index is 12.1. The summed E-state index contributed by atoms with van der Waals surface area (Å²) in [6.07, 6.45) is 8.41. The molecule has 4 saturated carbocycles. The van der Waals surface area contributed by atoms with E-state index in [2.05, 4.69) is 5.32 Å². The second-order valence-electron chi connectivity index (χ2n) is 7.29. The second-order valence-corrected chi connectivity index (χ2v) is 7.29. The zero-order chi connectivity index (χ0) is 13.6. The molecule has 4 fully saturated rings. The normalized spacial score (nSPS) is 41.0. The van der Waals surface area contributed by atoms with E-state index in [9.17, 15) is 9.59 Å². The Hall–Kier alpha value is -1.06. The molecule has 4 rings (SSSR count). The van der Waals surface area contributed by atoms with E-state index in [0.29, 0.717) is 6.42 Å². The number of nitrogens with two attached hydrogens (primary N) is 1. The van der Waals surface area contributed by atoms with Gasteiger partial charge in [0.15, 0.2) is 0 Å². The van der Waals surface area contributed by atoms with Crippen molar-refractivity contribution < 1.29 is 9.59 Å². The fourth-order valence-electron chi connectivity index (χ4n) is 5.21. The van der Waals surface area contributed by atoms with Crippen LogP contribution in [0.2, 0.25) is 0 Å². The smallest absolute Gasteiger partial charge is 0.239 e. The number of hydrogen-bond acceptors (Lipinski definition) is 2. The molecule has 4 aliphatic rings. The molecule has 0 aliphatic heterocycles. The molecule has 0 heterocycles. The topological polar surface area (TPSA) is 72.2 Å². The quantitative estimate of drug-likeness (QED) is 0.809. The Kier molecular flexibility index (Phi) is 3.06. The molecule has 0 unspecified atom stereocenters. The van der Waals surface area contributed by atoms with E-state index >= 15 is 0 Å². The van der Waals surface area contributed by atoms with Gasteiger partial charge in [0.1, 0.15) is 6.04 Å². The Balaban J connectivity index is 1.63. The molecule has 4 aliphatic carbocycles. The third-order valence-corrected chi connectivity index (χ3v) is 5.50. The van der Waals surface area contributed by atoms with Crippen LogP contribution in [-0.2, 0) is 9.59 Å². The molecule has 0 saturated heterocycles. The van der Waals surface area contributed by atoms with E-state index in [-0.39, 0.29) is 11.3 Å². The fraction of sp³-hybridized carbons (Fsp3) is 0.867. The highest BCUT2D eigenvalue weighted by Crippen LogP contribution is 2.61. The lowest BCUT2D eigenvalue weighted by molar-refractivity contribution is -0.132. The molecule has 4 nitrogen and oxygen atoms in total. The maximum atomic E-state index is 12.1. The van der Waals surface area contributed by atoms with E-state index in [1.54, 1.807) is 6.92 Å². The summed E-state index contributed by atoms with van der Waals surface area (Å²) < 4.78 is 0. The van der Waals surface area contributed by atoms with E-state index in [4.69, 9.17) is 5.73 Å². The number of hydrogen-bond donors (Lipinski definition) is 2. The van der Waals surface area contributed by atoms with Gasteiger partial charge in [0.2, 0.25) is 11.8 Å². The SMILES string of the molecule is C[C@H](NC(=O)CC12CC3CC(CC(C3)C1)C2)C(N)=O. The minimum atomic E-state index is -0.554. The van der Waals surface area contributed by atoms with E-state index < -0.39 is 11.9 Å². The minimum absolute atomic E-state index is 0.00764. The molecular formula is C15H24N2O2. The number of carbonyl (C=O) groups excluding carboxylic acids is 2. The Morgan fingerprint density at radius 2 is 1.63 bits per heavy atom. The van der Waals surface area contributed by atoms with Gasteiger partial charge in [-0.25, -0.2) is 0 Å². The van der Waals surface area contributed by atoms with E-state index in [0.717, 1.165) is 17.8 Å². The van der Waals surface area contributed by atoms with Crippen LogP contribution >= 0.6 is 0 Å². The molecule has 3 N–H and O–H groups in total. The molecule has 4 heteroatoms. The van der Waals surface area contributed by atoms with Gasteiger partial charge in [-0.15, -0.1) is 0 Å². The van der Waals surface area contributed by atoms with Crippen molar-refractivity contribution in [2.75, 3.05) is 0 Å². The van der Waals surface area contributed by atoms with Crippen LogP contribution in [0.5, 0.6) is 0 Å². The van der Waals surface area contributed by atoms with Crippen molar-refractivity contribution in [3.8, 4) is 0 Å². The molecule has 0 aromatic carbocycles. The van der Waals surface area contributed by atoms with Crippen molar-refractivity contribution in [1.82, 2.24) is 5.32 Å². The monoisotopic (exact) mass is 264 g/mol. The number of amides is 2. The summed E-state index contributed by atoms with van der Waals surface area (Å²) in [4.78, 5) is 23.1. The van der Waals surface area contributed by atoms with Crippen molar-refractivity contribution >= 4 is 11.8 Å². The highest BCUT2D eigenvalue weighted by molar-refractivity contribution is 5.86. The van der Waals surface area contributed by atoms with Gasteiger partial charge in [0.05, 0.1) is 0 Å². The standard InChI is InChI=1S/C15H24N2O2/c1-9(14(16)19)17-13(18)8-15-5-10-2-11(6-15)4-12(3-10)7-15/h9-12H,2-8H2,1H3,(H2,16,19)(H,17,18)/t9-,10?,11?,12?,15?/m0/s1. The lowest BCUT2D eigenvalue weighted by Gasteiger charge is -2.56. The van der Waals surface area contributed by atoms with Crippen LogP contribution in [0.25, 0.3) is 0 Å². The summed E-state index contributed by atoms with van der Waals surface area (Å²) in [5, 5.41) is 2.74. The van der Waals surface area contributed by atoms with Crippen molar-refractivity contribution in [2.45, 2.75) is 57.9 Å². The maximum Gasteiger partial charge on any atom is 0.239 e. The third kappa shape index (κ3) is 2.49. The fourth-order valence-corrected chi connectivity index (χ4v) is 5.21. The van der Waals surface area contributed by atoms with Gasteiger partial charge in [0.25, 0.3) is 0 Å². The largest absolute Gasteiger partial charge is 0.368 e. The molecular weight excluding hydrogens is 240 g/mol. The van der Waals surface area contributed by atoms with Gasteiger partial charge in [-0.2, -0.15) is 0 Å². The van der Waals surface area contributed by atoms with Crippen LogP contribution in [0, 0.1) is 23.2 Å².